The number of carboxylic acid groups (broad SMARTS) is 1. The van der Waals surface area contributed by atoms with Gasteiger partial charge in [0.1, 0.15) is 11.9 Å². The van der Waals surface area contributed by atoms with Gasteiger partial charge < -0.3 is 9.84 Å². The van der Waals surface area contributed by atoms with Gasteiger partial charge in [0, 0.05) is 11.3 Å². The highest BCUT2D eigenvalue weighted by molar-refractivity contribution is 5.93. The van der Waals surface area contributed by atoms with E-state index in [1.807, 2.05) is 36.4 Å². The Balaban J connectivity index is 1.69. The van der Waals surface area contributed by atoms with Crippen molar-refractivity contribution in [2.45, 2.75) is 25.4 Å². The number of benzene rings is 2. The molecular formula is C19H18O3. The van der Waals surface area contributed by atoms with Gasteiger partial charge in [-0.05, 0) is 35.8 Å². The third-order valence-corrected chi connectivity index (χ3v) is 4.81. The van der Waals surface area contributed by atoms with E-state index >= 15 is 0 Å². The predicted molar refractivity (Wildman–Crippen MR) is 85.1 cm³/mol. The number of allylic oxidation sites excluding steroid dienone is 1. The van der Waals surface area contributed by atoms with Crippen molar-refractivity contribution in [1.29, 1.82) is 0 Å². The van der Waals surface area contributed by atoms with E-state index in [1.165, 1.54) is 6.42 Å². The lowest BCUT2D eigenvalue weighted by molar-refractivity contribution is -0.136. The van der Waals surface area contributed by atoms with Gasteiger partial charge in [0.2, 0.25) is 0 Å². The molecule has 2 aliphatic rings. The van der Waals surface area contributed by atoms with E-state index in [9.17, 15) is 4.79 Å². The lowest BCUT2D eigenvalue weighted by atomic mass is 10.0. The summed E-state index contributed by atoms with van der Waals surface area (Å²) in [5.41, 5.74) is 0.836. The zero-order chi connectivity index (χ0) is 15.1. The van der Waals surface area contributed by atoms with Crippen LogP contribution in [-0.2, 0) is 11.2 Å². The van der Waals surface area contributed by atoms with Gasteiger partial charge in [0.05, 0.1) is 6.42 Å². The molecule has 0 aromatic heterocycles. The predicted octanol–water partition coefficient (Wildman–Crippen LogP) is 3.81. The Kier molecular flexibility index (Phi) is 3.14. The van der Waals surface area contributed by atoms with Crippen LogP contribution in [0.15, 0.2) is 48.6 Å². The maximum absolute atomic E-state index is 11.0. The maximum Gasteiger partial charge on any atom is 0.307 e. The topological polar surface area (TPSA) is 46.5 Å². The maximum atomic E-state index is 11.0. The molecule has 1 fully saturated rings. The molecule has 3 atom stereocenters. The van der Waals surface area contributed by atoms with Crippen molar-refractivity contribution in [2.75, 3.05) is 0 Å². The molecule has 3 nitrogen and oxygen atoms in total. The number of ether oxygens (including phenoxy) is 1. The molecular weight excluding hydrogens is 276 g/mol. The van der Waals surface area contributed by atoms with Crippen molar-refractivity contribution in [3.63, 3.8) is 0 Å². The number of hydrogen-bond donors (Lipinski definition) is 1. The fraction of sp³-hybridized carbons (Fsp3) is 0.316. The molecule has 0 heterocycles. The zero-order valence-corrected chi connectivity index (χ0v) is 12.2. The molecule has 0 saturated heterocycles. The van der Waals surface area contributed by atoms with Gasteiger partial charge in [0.15, 0.2) is 0 Å². The summed E-state index contributed by atoms with van der Waals surface area (Å²) in [7, 11) is 0. The van der Waals surface area contributed by atoms with Crippen LogP contribution in [0.4, 0.5) is 0 Å². The SMILES string of the molecule is O=C(O)Cc1ccc(OC2CC3C=CC2C3)c2ccccc12. The summed E-state index contributed by atoms with van der Waals surface area (Å²) in [6.45, 7) is 0. The number of fused-ring (bicyclic) bond motifs is 3. The van der Waals surface area contributed by atoms with Gasteiger partial charge in [-0.3, -0.25) is 4.79 Å². The van der Waals surface area contributed by atoms with E-state index in [0.717, 1.165) is 28.5 Å². The summed E-state index contributed by atoms with van der Waals surface area (Å²) in [5, 5.41) is 11.0. The largest absolute Gasteiger partial charge is 0.489 e. The highest BCUT2D eigenvalue weighted by atomic mass is 16.5. The molecule has 0 amide bonds. The van der Waals surface area contributed by atoms with Gasteiger partial charge in [-0.2, -0.15) is 0 Å². The fourth-order valence-electron chi connectivity index (χ4n) is 3.78. The number of carboxylic acids is 1. The van der Waals surface area contributed by atoms with E-state index < -0.39 is 5.97 Å². The van der Waals surface area contributed by atoms with Crippen LogP contribution >= 0.6 is 0 Å². The van der Waals surface area contributed by atoms with Crippen molar-refractivity contribution in [3.05, 3.63) is 54.1 Å². The second-order valence-electron chi connectivity index (χ2n) is 6.28. The Labute approximate surface area is 129 Å². The molecule has 1 N–H and O–H groups in total. The average Bonchev–Trinajstić information content (AvgIpc) is 3.12. The highest BCUT2D eigenvalue weighted by Gasteiger charge is 2.37. The van der Waals surface area contributed by atoms with Crippen LogP contribution in [0.1, 0.15) is 18.4 Å². The van der Waals surface area contributed by atoms with Crippen molar-refractivity contribution >= 4 is 16.7 Å². The Hall–Kier alpha value is -2.29. The van der Waals surface area contributed by atoms with E-state index in [0.29, 0.717) is 11.8 Å². The van der Waals surface area contributed by atoms with Gasteiger partial charge in [-0.1, -0.05) is 42.5 Å². The molecule has 0 aliphatic heterocycles. The minimum absolute atomic E-state index is 0.0393. The van der Waals surface area contributed by atoms with Crippen molar-refractivity contribution in [1.82, 2.24) is 0 Å². The molecule has 0 radical (unpaired) electrons. The van der Waals surface area contributed by atoms with Crippen LogP contribution in [0.2, 0.25) is 0 Å². The molecule has 1 saturated carbocycles. The van der Waals surface area contributed by atoms with Crippen molar-refractivity contribution in [3.8, 4) is 5.75 Å². The lowest BCUT2D eigenvalue weighted by Crippen LogP contribution is -2.21. The summed E-state index contributed by atoms with van der Waals surface area (Å²) >= 11 is 0. The molecule has 3 heteroatoms. The summed E-state index contributed by atoms with van der Waals surface area (Å²) < 4.78 is 6.28. The lowest BCUT2D eigenvalue weighted by Gasteiger charge is -2.21. The molecule has 2 aromatic rings. The summed E-state index contributed by atoms with van der Waals surface area (Å²) in [6, 6.07) is 11.7. The van der Waals surface area contributed by atoms with Gasteiger partial charge in [-0.15, -0.1) is 0 Å². The monoisotopic (exact) mass is 294 g/mol. The van der Waals surface area contributed by atoms with E-state index in [1.54, 1.807) is 0 Å². The van der Waals surface area contributed by atoms with Crippen LogP contribution in [0.5, 0.6) is 5.75 Å². The first-order valence-corrected chi connectivity index (χ1v) is 7.78. The van der Waals surface area contributed by atoms with Crippen LogP contribution < -0.4 is 4.74 Å². The fourth-order valence-corrected chi connectivity index (χ4v) is 3.78. The highest BCUT2D eigenvalue weighted by Crippen LogP contribution is 2.42. The van der Waals surface area contributed by atoms with Gasteiger partial charge in [0.25, 0.3) is 0 Å². The third kappa shape index (κ3) is 2.27. The quantitative estimate of drug-likeness (QED) is 0.872. The van der Waals surface area contributed by atoms with Crippen LogP contribution in [-0.4, -0.2) is 17.2 Å². The first kappa shape index (κ1) is 13.4. The zero-order valence-electron chi connectivity index (χ0n) is 12.2. The summed E-state index contributed by atoms with van der Waals surface area (Å²) in [4.78, 5) is 11.0. The molecule has 22 heavy (non-hydrogen) atoms. The van der Waals surface area contributed by atoms with Crippen molar-refractivity contribution < 1.29 is 14.6 Å². The minimum Gasteiger partial charge on any atom is -0.489 e. The molecule has 2 aromatic carbocycles. The van der Waals surface area contributed by atoms with E-state index in [-0.39, 0.29) is 12.5 Å². The number of hydrogen-bond acceptors (Lipinski definition) is 2. The van der Waals surface area contributed by atoms with E-state index in [4.69, 9.17) is 9.84 Å². The van der Waals surface area contributed by atoms with Crippen LogP contribution in [0.3, 0.4) is 0 Å². The van der Waals surface area contributed by atoms with Crippen molar-refractivity contribution in [2.24, 2.45) is 11.8 Å². The Morgan fingerprint density at radius 3 is 2.59 bits per heavy atom. The first-order chi connectivity index (χ1) is 10.7. The molecule has 3 unspecified atom stereocenters. The van der Waals surface area contributed by atoms with Gasteiger partial charge in [-0.25, -0.2) is 0 Å². The average molecular weight is 294 g/mol. The van der Waals surface area contributed by atoms with Crippen LogP contribution in [0, 0.1) is 11.8 Å². The van der Waals surface area contributed by atoms with Crippen LogP contribution in [0.25, 0.3) is 10.8 Å². The smallest absolute Gasteiger partial charge is 0.307 e. The number of carbonyl (C=O) groups is 1. The first-order valence-electron chi connectivity index (χ1n) is 7.78. The Morgan fingerprint density at radius 2 is 1.91 bits per heavy atom. The van der Waals surface area contributed by atoms with E-state index in [2.05, 4.69) is 12.2 Å². The minimum atomic E-state index is -0.808. The summed E-state index contributed by atoms with van der Waals surface area (Å²) in [6.07, 6.45) is 7.17. The molecule has 2 aliphatic carbocycles. The normalized spacial score (nSPS) is 25.7. The molecule has 0 spiro atoms. The third-order valence-electron chi connectivity index (χ3n) is 4.81. The summed E-state index contributed by atoms with van der Waals surface area (Å²) in [5.74, 6) is 1.27. The second-order valence-corrected chi connectivity index (χ2v) is 6.28. The Bertz CT molecular complexity index is 762. The van der Waals surface area contributed by atoms with Gasteiger partial charge >= 0.3 is 5.97 Å². The number of aliphatic carboxylic acids is 1. The Morgan fingerprint density at radius 1 is 1.09 bits per heavy atom. The molecule has 112 valence electrons. The number of rotatable bonds is 4. The molecule has 4 rings (SSSR count). The second kappa shape index (κ2) is 5.16. The molecule has 2 bridgehead atoms. The standard InChI is InChI=1S/C19H18O3/c20-19(21)11-13-7-8-17(16-4-2-1-3-15(13)16)22-18-10-12-5-6-14(18)9-12/h1-8,12,14,18H,9-11H2,(H,20,21).